The molecule has 3 aliphatic heterocycles. The number of amides is 1. The van der Waals surface area contributed by atoms with Gasteiger partial charge in [-0.15, -0.1) is 0 Å². The van der Waals surface area contributed by atoms with Crippen LogP contribution in [-0.4, -0.2) is 58.8 Å². The Morgan fingerprint density at radius 2 is 2.03 bits per heavy atom. The molecule has 2 saturated heterocycles. The third-order valence-electron chi connectivity index (χ3n) is 6.79. The van der Waals surface area contributed by atoms with Gasteiger partial charge in [0.25, 0.3) is 5.91 Å². The van der Waals surface area contributed by atoms with Crippen LogP contribution < -0.4 is 10.1 Å². The maximum atomic E-state index is 12.6. The van der Waals surface area contributed by atoms with Gasteiger partial charge in [0.1, 0.15) is 11.4 Å². The van der Waals surface area contributed by atoms with Crippen LogP contribution in [0.1, 0.15) is 48.0 Å². The highest BCUT2D eigenvalue weighted by atomic mass is 16.5. The summed E-state index contributed by atoms with van der Waals surface area (Å²) in [6.07, 6.45) is 4.13. The van der Waals surface area contributed by atoms with Crippen molar-refractivity contribution in [2.75, 3.05) is 26.2 Å². The van der Waals surface area contributed by atoms with Gasteiger partial charge in [-0.25, -0.2) is 0 Å². The SMILES string of the molecule is CC1c2cc(-c3ccc(C(=O)N4CC[C@@H](O)C4)cc3)ncc2OC12CCNCC2. The molecule has 3 aliphatic rings. The summed E-state index contributed by atoms with van der Waals surface area (Å²) in [5.41, 5.74) is 3.66. The molecular weight excluding hydrogens is 366 g/mol. The van der Waals surface area contributed by atoms with E-state index in [0.717, 1.165) is 42.9 Å². The van der Waals surface area contributed by atoms with Gasteiger partial charge >= 0.3 is 0 Å². The minimum Gasteiger partial charge on any atom is -0.485 e. The fourth-order valence-corrected chi connectivity index (χ4v) is 4.91. The number of ether oxygens (including phenoxy) is 1. The number of carbonyl (C=O) groups is 1. The molecule has 2 aromatic rings. The van der Waals surface area contributed by atoms with Crippen molar-refractivity contribution in [2.24, 2.45) is 0 Å². The molecule has 29 heavy (non-hydrogen) atoms. The van der Waals surface area contributed by atoms with Gasteiger partial charge in [0, 0.05) is 48.5 Å². The van der Waals surface area contributed by atoms with Crippen molar-refractivity contribution >= 4 is 5.91 Å². The number of fused-ring (bicyclic) bond motifs is 1. The van der Waals surface area contributed by atoms with E-state index in [-0.39, 0.29) is 11.5 Å². The number of hydrogen-bond donors (Lipinski definition) is 2. The van der Waals surface area contributed by atoms with Gasteiger partial charge in [0.15, 0.2) is 0 Å². The van der Waals surface area contributed by atoms with Crippen molar-refractivity contribution in [1.29, 1.82) is 0 Å². The number of β-amino-alcohol motifs (C(OH)–C–C–N with tert-alkyl or cyclic N) is 1. The van der Waals surface area contributed by atoms with Crippen molar-refractivity contribution in [3.05, 3.63) is 47.7 Å². The molecule has 4 heterocycles. The van der Waals surface area contributed by atoms with E-state index < -0.39 is 6.10 Å². The summed E-state index contributed by atoms with van der Waals surface area (Å²) in [7, 11) is 0. The van der Waals surface area contributed by atoms with E-state index in [1.165, 1.54) is 5.56 Å². The van der Waals surface area contributed by atoms with Gasteiger partial charge in [-0.1, -0.05) is 19.1 Å². The minimum atomic E-state index is -0.402. The lowest BCUT2D eigenvalue weighted by atomic mass is 9.79. The van der Waals surface area contributed by atoms with Crippen LogP contribution in [0.2, 0.25) is 0 Å². The number of aliphatic hydroxyl groups excluding tert-OH is 1. The third-order valence-corrected chi connectivity index (χ3v) is 6.79. The molecule has 1 amide bonds. The highest BCUT2D eigenvalue weighted by molar-refractivity contribution is 5.94. The first-order valence-corrected chi connectivity index (χ1v) is 10.5. The van der Waals surface area contributed by atoms with E-state index in [1.807, 2.05) is 30.5 Å². The van der Waals surface area contributed by atoms with E-state index in [2.05, 4.69) is 23.3 Å². The van der Waals surface area contributed by atoms with Crippen LogP contribution in [0.3, 0.4) is 0 Å². The van der Waals surface area contributed by atoms with Gasteiger partial charge in [0.2, 0.25) is 0 Å². The highest BCUT2D eigenvalue weighted by Crippen LogP contribution is 2.49. The summed E-state index contributed by atoms with van der Waals surface area (Å²) < 4.78 is 6.38. The second kappa shape index (κ2) is 7.11. The van der Waals surface area contributed by atoms with Gasteiger partial charge in [-0.2, -0.15) is 0 Å². The van der Waals surface area contributed by atoms with Gasteiger partial charge < -0.3 is 20.1 Å². The number of nitrogens with zero attached hydrogens (tertiary/aromatic N) is 2. The van der Waals surface area contributed by atoms with Crippen molar-refractivity contribution in [3.63, 3.8) is 0 Å². The van der Waals surface area contributed by atoms with Crippen LogP contribution in [0.25, 0.3) is 11.3 Å². The first-order valence-electron chi connectivity index (χ1n) is 10.5. The fourth-order valence-electron chi connectivity index (χ4n) is 4.91. The lowest BCUT2D eigenvalue weighted by Crippen LogP contribution is -2.46. The molecule has 1 aromatic heterocycles. The number of pyridine rings is 1. The summed E-state index contributed by atoms with van der Waals surface area (Å²) in [6, 6.07) is 9.76. The Hall–Kier alpha value is -2.44. The third kappa shape index (κ3) is 3.20. The Balaban J connectivity index is 1.37. The summed E-state index contributed by atoms with van der Waals surface area (Å²) in [5, 5.41) is 13.1. The molecule has 6 nitrogen and oxygen atoms in total. The maximum absolute atomic E-state index is 12.6. The number of piperidine rings is 1. The van der Waals surface area contributed by atoms with Gasteiger partial charge in [0.05, 0.1) is 18.0 Å². The zero-order chi connectivity index (χ0) is 20.0. The molecular formula is C23H27N3O3. The van der Waals surface area contributed by atoms with Crippen molar-refractivity contribution in [2.45, 2.75) is 43.8 Å². The molecule has 0 aliphatic carbocycles. The Labute approximate surface area is 170 Å². The second-order valence-electron chi connectivity index (χ2n) is 8.52. The first kappa shape index (κ1) is 18.6. The Bertz CT molecular complexity index is 921. The smallest absolute Gasteiger partial charge is 0.253 e. The minimum absolute atomic E-state index is 0.0233. The molecule has 0 bridgehead atoms. The molecule has 152 valence electrons. The van der Waals surface area contributed by atoms with E-state index in [0.29, 0.717) is 31.0 Å². The number of carbonyl (C=O) groups excluding carboxylic acids is 1. The van der Waals surface area contributed by atoms with Crippen LogP contribution in [0.15, 0.2) is 36.5 Å². The molecule has 5 rings (SSSR count). The number of aliphatic hydroxyl groups is 1. The van der Waals surface area contributed by atoms with Crippen LogP contribution in [-0.2, 0) is 0 Å². The Kier molecular flexibility index (Phi) is 4.56. The van der Waals surface area contributed by atoms with E-state index in [1.54, 1.807) is 4.90 Å². The first-order chi connectivity index (χ1) is 14.1. The summed E-state index contributed by atoms with van der Waals surface area (Å²) in [5.74, 6) is 1.22. The van der Waals surface area contributed by atoms with Crippen molar-refractivity contribution < 1.29 is 14.6 Å². The van der Waals surface area contributed by atoms with Crippen molar-refractivity contribution in [1.82, 2.24) is 15.2 Å². The van der Waals surface area contributed by atoms with E-state index in [4.69, 9.17) is 4.74 Å². The maximum Gasteiger partial charge on any atom is 0.253 e. The highest BCUT2D eigenvalue weighted by Gasteiger charge is 2.46. The normalized spacial score (nSPS) is 25.1. The lowest BCUT2D eigenvalue weighted by molar-refractivity contribution is 0.0400. The monoisotopic (exact) mass is 393 g/mol. The molecule has 1 spiro atoms. The Morgan fingerprint density at radius 1 is 1.28 bits per heavy atom. The number of aromatic nitrogens is 1. The van der Waals surface area contributed by atoms with Crippen LogP contribution in [0.4, 0.5) is 0 Å². The number of likely N-dealkylation sites (tertiary alicyclic amines) is 1. The number of nitrogens with one attached hydrogen (secondary N) is 1. The quantitative estimate of drug-likeness (QED) is 0.820. The molecule has 2 fully saturated rings. The number of benzene rings is 1. The zero-order valence-corrected chi connectivity index (χ0v) is 16.7. The zero-order valence-electron chi connectivity index (χ0n) is 16.7. The average molecular weight is 393 g/mol. The number of rotatable bonds is 2. The molecule has 0 saturated carbocycles. The summed E-state index contributed by atoms with van der Waals surface area (Å²) >= 11 is 0. The molecule has 2 atom stereocenters. The summed E-state index contributed by atoms with van der Waals surface area (Å²) in [6.45, 7) is 5.27. The fraction of sp³-hybridized carbons (Fsp3) is 0.478. The molecule has 2 N–H and O–H groups in total. The van der Waals surface area contributed by atoms with Crippen molar-refractivity contribution in [3.8, 4) is 17.0 Å². The standard InChI is InChI=1S/C23H27N3O3/c1-15-19-12-20(25-13-21(19)29-23(15)7-9-24-10-8-23)16-2-4-17(5-3-16)22(28)26-11-6-18(27)14-26/h2-5,12-13,15,18,24,27H,6-11,14H2,1H3/t15?,18-/m1/s1. The predicted octanol–water partition coefficient (Wildman–Crippen LogP) is 2.57. The summed E-state index contributed by atoms with van der Waals surface area (Å²) in [4.78, 5) is 18.9. The lowest BCUT2D eigenvalue weighted by Gasteiger charge is -2.36. The largest absolute Gasteiger partial charge is 0.485 e. The topological polar surface area (TPSA) is 74.7 Å². The van der Waals surface area contributed by atoms with Crippen LogP contribution in [0.5, 0.6) is 5.75 Å². The molecule has 1 aromatic carbocycles. The molecule has 1 unspecified atom stereocenters. The number of hydrogen-bond acceptors (Lipinski definition) is 5. The van der Waals surface area contributed by atoms with Gasteiger partial charge in [-0.3, -0.25) is 9.78 Å². The van der Waals surface area contributed by atoms with E-state index >= 15 is 0 Å². The average Bonchev–Trinajstić information content (AvgIpc) is 3.30. The molecule has 6 heteroatoms. The van der Waals surface area contributed by atoms with E-state index in [9.17, 15) is 9.90 Å². The predicted molar refractivity (Wildman–Crippen MR) is 110 cm³/mol. The van der Waals surface area contributed by atoms with Gasteiger partial charge in [-0.05, 0) is 37.7 Å². The van der Waals surface area contributed by atoms with Crippen LogP contribution >= 0.6 is 0 Å². The van der Waals surface area contributed by atoms with Crippen LogP contribution in [0, 0.1) is 0 Å². The second-order valence-corrected chi connectivity index (χ2v) is 8.52. The Morgan fingerprint density at radius 3 is 2.72 bits per heavy atom. The molecule has 0 radical (unpaired) electrons.